The first-order chi connectivity index (χ1) is 8.24. The number of fused-ring (bicyclic) bond motifs is 1. The summed E-state index contributed by atoms with van der Waals surface area (Å²) in [6.45, 7) is 0.228. The summed E-state index contributed by atoms with van der Waals surface area (Å²) in [6.07, 6.45) is 0. The third-order valence-corrected chi connectivity index (χ3v) is 2.32. The first kappa shape index (κ1) is 10.8. The standard InChI is InChI=1S/C11H10N6/c12-3-5-17(6-4-13)11-15-9-2-1-8(14)7-10(9)16-11/h1-2,7H,5-6,14H2,(H,15,16). The molecule has 0 fully saturated rings. The van der Waals surface area contributed by atoms with E-state index in [1.54, 1.807) is 23.1 Å². The van der Waals surface area contributed by atoms with E-state index in [-0.39, 0.29) is 13.1 Å². The average molecular weight is 226 g/mol. The van der Waals surface area contributed by atoms with Gasteiger partial charge in [0.1, 0.15) is 13.1 Å². The third-order valence-electron chi connectivity index (χ3n) is 2.32. The number of anilines is 2. The molecule has 0 saturated heterocycles. The number of aromatic amines is 1. The largest absolute Gasteiger partial charge is 0.399 e. The fourth-order valence-electron chi connectivity index (χ4n) is 1.54. The SMILES string of the molecule is N#CCN(CC#N)c1nc2ccc(N)cc2[nH]1. The molecule has 0 atom stereocenters. The van der Waals surface area contributed by atoms with Crippen molar-refractivity contribution in [3.8, 4) is 12.1 Å². The highest BCUT2D eigenvalue weighted by Crippen LogP contribution is 2.19. The highest BCUT2D eigenvalue weighted by atomic mass is 15.3. The normalized spacial score (nSPS) is 9.76. The summed E-state index contributed by atoms with van der Waals surface area (Å²) >= 11 is 0. The monoisotopic (exact) mass is 226 g/mol. The average Bonchev–Trinajstić information content (AvgIpc) is 2.71. The van der Waals surface area contributed by atoms with Crippen LogP contribution >= 0.6 is 0 Å². The van der Waals surface area contributed by atoms with E-state index < -0.39 is 0 Å². The van der Waals surface area contributed by atoms with E-state index in [0.29, 0.717) is 11.6 Å². The van der Waals surface area contributed by atoms with Gasteiger partial charge in [-0.05, 0) is 18.2 Å². The number of nitrogens with zero attached hydrogens (tertiary/aromatic N) is 4. The van der Waals surface area contributed by atoms with Crippen molar-refractivity contribution in [1.29, 1.82) is 10.5 Å². The minimum atomic E-state index is 0.114. The van der Waals surface area contributed by atoms with Gasteiger partial charge in [-0.25, -0.2) is 4.98 Å². The lowest BCUT2D eigenvalue weighted by Crippen LogP contribution is -2.24. The predicted octanol–water partition coefficient (Wildman–Crippen LogP) is 0.999. The number of aromatic nitrogens is 2. The van der Waals surface area contributed by atoms with Crippen molar-refractivity contribution in [2.75, 3.05) is 23.7 Å². The molecule has 84 valence electrons. The first-order valence-electron chi connectivity index (χ1n) is 4.98. The van der Waals surface area contributed by atoms with Crippen LogP contribution in [0.2, 0.25) is 0 Å². The summed E-state index contributed by atoms with van der Waals surface area (Å²) in [5.41, 5.74) is 7.85. The molecule has 1 aromatic heterocycles. The number of benzene rings is 1. The molecule has 2 aromatic rings. The van der Waals surface area contributed by atoms with Crippen LogP contribution in [-0.2, 0) is 0 Å². The second-order valence-corrected chi connectivity index (χ2v) is 3.51. The minimum absolute atomic E-state index is 0.114. The van der Waals surface area contributed by atoms with E-state index in [9.17, 15) is 0 Å². The van der Waals surface area contributed by atoms with E-state index in [2.05, 4.69) is 9.97 Å². The Bertz CT molecular complexity index is 599. The number of nitriles is 2. The molecule has 3 N–H and O–H groups in total. The molecular weight excluding hydrogens is 216 g/mol. The van der Waals surface area contributed by atoms with E-state index in [1.807, 2.05) is 12.1 Å². The Morgan fingerprint density at radius 3 is 2.65 bits per heavy atom. The number of imidazole rings is 1. The third kappa shape index (κ3) is 2.11. The smallest absolute Gasteiger partial charge is 0.205 e. The van der Waals surface area contributed by atoms with Crippen LogP contribution in [0.25, 0.3) is 11.0 Å². The molecule has 2 rings (SSSR count). The number of nitrogens with two attached hydrogens (primary N) is 1. The van der Waals surface area contributed by atoms with Gasteiger partial charge in [-0.2, -0.15) is 10.5 Å². The van der Waals surface area contributed by atoms with Gasteiger partial charge in [-0.1, -0.05) is 0 Å². The molecule has 0 bridgehead atoms. The lowest BCUT2D eigenvalue weighted by Gasteiger charge is -2.13. The van der Waals surface area contributed by atoms with Crippen LogP contribution in [0, 0.1) is 22.7 Å². The van der Waals surface area contributed by atoms with Crippen molar-refractivity contribution < 1.29 is 0 Å². The minimum Gasteiger partial charge on any atom is -0.399 e. The van der Waals surface area contributed by atoms with Gasteiger partial charge in [0, 0.05) is 5.69 Å². The van der Waals surface area contributed by atoms with Gasteiger partial charge in [0.15, 0.2) is 0 Å². The lowest BCUT2D eigenvalue weighted by molar-refractivity contribution is 0.920. The molecule has 1 heterocycles. The van der Waals surface area contributed by atoms with Gasteiger partial charge in [0.25, 0.3) is 0 Å². The highest BCUT2D eigenvalue weighted by molar-refractivity contribution is 5.80. The lowest BCUT2D eigenvalue weighted by atomic mass is 10.3. The maximum Gasteiger partial charge on any atom is 0.205 e. The maximum absolute atomic E-state index is 8.68. The summed E-state index contributed by atoms with van der Waals surface area (Å²) < 4.78 is 0. The molecule has 0 aliphatic heterocycles. The predicted molar refractivity (Wildman–Crippen MR) is 63.9 cm³/mol. The van der Waals surface area contributed by atoms with Crippen molar-refractivity contribution in [3.63, 3.8) is 0 Å². The van der Waals surface area contributed by atoms with E-state index in [0.717, 1.165) is 11.0 Å². The van der Waals surface area contributed by atoms with Crippen molar-refractivity contribution in [2.45, 2.75) is 0 Å². The maximum atomic E-state index is 8.68. The van der Waals surface area contributed by atoms with Crippen LogP contribution in [-0.4, -0.2) is 23.1 Å². The van der Waals surface area contributed by atoms with Gasteiger partial charge in [0.2, 0.25) is 5.95 Å². The molecule has 1 aromatic carbocycles. The van der Waals surface area contributed by atoms with Gasteiger partial charge >= 0.3 is 0 Å². The molecule has 6 nitrogen and oxygen atoms in total. The number of hydrogen-bond donors (Lipinski definition) is 2. The Labute approximate surface area is 97.9 Å². The molecule has 0 aliphatic rings. The number of nitrogens with one attached hydrogen (secondary N) is 1. The molecular formula is C11H10N6. The number of rotatable bonds is 3. The van der Waals surface area contributed by atoms with Gasteiger partial charge in [0.05, 0.1) is 23.2 Å². The molecule has 0 spiro atoms. The zero-order chi connectivity index (χ0) is 12.3. The zero-order valence-corrected chi connectivity index (χ0v) is 9.01. The van der Waals surface area contributed by atoms with Crippen LogP contribution in [0.5, 0.6) is 0 Å². The number of H-pyrrole nitrogens is 1. The Morgan fingerprint density at radius 1 is 1.29 bits per heavy atom. The van der Waals surface area contributed by atoms with Crippen molar-refractivity contribution in [3.05, 3.63) is 18.2 Å². The fraction of sp³-hybridized carbons (Fsp3) is 0.182. The summed E-state index contributed by atoms with van der Waals surface area (Å²) in [6, 6.07) is 9.31. The quantitative estimate of drug-likeness (QED) is 0.599. The van der Waals surface area contributed by atoms with Crippen molar-refractivity contribution in [1.82, 2.24) is 9.97 Å². The summed E-state index contributed by atoms with van der Waals surface area (Å²) in [7, 11) is 0. The van der Waals surface area contributed by atoms with Crippen LogP contribution in [0.3, 0.4) is 0 Å². The van der Waals surface area contributed by atoms with Crippen molar-refractivity contribution in [2.24, 2.45) is 0 Å². The van der Waals surface area contributed by atoms with E-state index in [4.69, 9.17) is 16.3 Å². The second kappa shape index (κ2) is 4.42. The topological polar surface area (TPSA) is 106 Å². The number of nitrogen functional groups attached to an aromatic ring is 1. The van der Waals surface area contributed by atoms with Crippen LogP contribution in [0.4, 0.5) is 11.6 Å². The molecule has 0 radical (unpaired) electrons. The van der Waals surface area contributed by atoms with Crippen LogP contribution in [0.15, 0.2) is 18.2 Å². The molecule has 17 heavy (non-hydrogen) atoms. The Balaban J connectivity index is 2.41. The molecule has 6 heteroatoms. The fourth-order valence-corrected chi connectivity index (χ4v) is 1.54. The molecule has 0 unspecified atom stereocenters. The molecule has 0 amide bonds. The summed E-state index contributed by atoms with van der Waals surface area (Å²) in [4.78, 5) is 8.91. The van der Waals surface area contributed by atoms with Gasteiger partial charge in [-0.15, -0.1) is 0 Å². The Hall–Kier alpha value is -2.73. The first-order valence-corrected chi connectivity index (χ1v) is 4.98. The summed E-state index contributed by atoms with van der Waals surface area (Å²) in [5.74, 6) is 0.508. The van der Waals surface area contributed by atoms with Crippen LogP contribution < -0.4 is 10.6 Å². The van der Waals surface area contributed by atoms with Gasteiger partial charge < -0.3 is 15.6 Å². The van der Waals surface area contributed by atoms with Crippen molar-refractivity contribution >= 4 is 22.7 Å². The van der Waals surface area contributed by atoms with E-state index >= 15 is 0 Å². The zero-order valence-electron chi connectivity index (χ0n) is 9.01. The summed E-state index contributed by atoms with van der Waals surface area (Å²) in [5, 5.41) is 17.4. The number of hydrogen-bond acceptors (Lipinski definition) is 5. The second-order valence-electron chi connectivity index (χ2n) is 3.51. The Kier molecular flexibility index (Phi) is 2.80. The molecule has 0 aliphatic carbocycles. The van der Waals surface area contributed by atoms with E-state index in [1.165, 1.54) is 0 Å². The highest BCUT2D eigenvalue weighted by Gasteiger charge is 2.10. The van der Waals surface area contributed by atoms with Crippen LogP contribution in [0.1, 0.15) is 0 Å². The van der Waals surface area contributed by atoms with Gasteiger partial charge in [-0.3, -0.25) is 0 Å². The molecule has 0 saturated carbocycles. The Morgan fingerprint density at radius 2 is 2.00 bits per heavy atom.